The molecular formula is C15H15Cl2NO2. The molecule has 0 unspecified atom stereocenters. The molecule has 0 fully saturated rings. The molecule has 0 spiro atoms. The van der Waals surface area contributed by atoms with Gasteiger partial charge in [0.15, 0.2) is 11.5 Å². The molecule has 2 aromatic carbocycles. The molecule has 2 N–H and O–H groups in total. The molecule has 0 aliphatic carbocycles. The summed E-state index contributed by atoms with van der Waals surface area (Å²) in [6.45, 7) is 0.707. The predicted molar refractivity (Wildman–Crippen MR) is 81.7 cm³/mol. The van der Waals surface area contributed by atoms with Gasteiger partial charge in [0.05, 0.1) is 12.1 Å². The van der Waals surface area contributed by atoms with Gasteiger partial charge < -0.3 is 15.2 Å². The third-order valence-corrected chi connectivity index (χ3v) is 3.50. The van der Waals surface area contributed by atoms with Gasteiger partial charge in [-0.05, 0) is 23.8 Å². The summed E-state index contributed by atoms with van der Waals surface area (Å²) in [7, 11) is 1.56. The van der Waals surface area contributed by atoms with Crippen molar-refractivity contribution in [2.24, 2.45) is 5.73 Å². The maximum Gasteiger partial charge on any atom is 0.180 e. The van der Waals surface area contributed by atoms with E-state index in [-0.39, 0.29) is 0 Å². The molecule has 2 rings (SSSR count). The van der Waals surface area contributed by atoms with E-state index in [0.29, 0.717) is 34.7 Å². The van der Waals surface area contributed by atoms with E-state index in [2.05, 4.69) is 0 Å². The van der Waals surface area contributed by atoms with Crippen molar-refractivity contribution in [1.29, 1.82) is 0 Å². The fourth-order valence-corrected chi connectivity index (χ4v) is 2.27. The highest BCUT2D eigenvalue weighted by Gasteiger charge is 2.12. The average molecular weight is 312 g/mol. The molecule has 2 aromatic rings. The molecule has 0 atom stereocenters. The minimum absolute atomic E-state index is 0.317. The normalized spacial score (nSPS) is 10.4. The summed E-state index contributed by atoms with van der Waals surface area (Å²) in [5, 5.41) is 1.12. The number of hydrogen-bond donors (Lipinski definition) is 1. The summed E-state index contributed by atoms with van der Waals surface area (Å²) in [4.78, 5) is 0. The highest BCUT2D eigenvalue weighted by molar-refractivity contribution is 6.32. The first-order valence-electron chi connectivity index (χ1n) is 6.08. The summed E-state index contributed by atoms with van der Waals surface area (Å²) in [6, 6.07) is 11.1. The third-order valence-electron chi connectivity index (χ3n) is 2.85. The number of benzene rings is 2. The van der Waals surface area contributed by atoms with E-state index in [1.807, 2.05) is 30.3 Å². The largest absolute Gasteiger partial charge is 0.493 e. The van der Waals surface area contributed by atoms with Crippen LogP contribution < -0.4 is 15.2 Å². The van der Waals surface area contributed by atoms with Gasteiger partial charge in [-0.1, -0.05) is 41.4 Å². The quantitative estimate of drug-likeness (QED) is 0.906. The molecule has 20 heavy (non-hydrogen) atoms. The number of nitrogens with two attached hydrogens (primary N) is 1. The Morgan fingerprint density at radius 1 is 1.10 bits per heavy atom. The third kappa shape index (κ3) is 3.37. The fraction of sp³-hybridized carbons (Fsp3) is 0.200. The molecule has 0 radical (unpaired) electrons. The standard InChI is InChI=1S/C15H15Cl2NO2/c1-19-14-7-10(8-18)6-13(17)15(14)20-9-11-4-2-3-5-12(11)16/h2-7H,8-9,18H2,1H3. The maximum absolute atomic E-state index is 6.20. The number of hydrogen-bond acceptors (Lipinski definition) is 3. The molecule has 5 heteroatoms. The van der Waals surface area contributed by atoms with Gasteiger partial charge in [-0.3, -0.25) is 0 Å². The van der Waals surface area contributed by atoms with Crippen molar-refractivity contribution in [1.82, 2.24) is 0 Å². The van der Waals surface area contributed by atoms with Crippen LogP contribution >= 0.6 is 23.2 Å². The van der Waals surface area contributed by atoms with Crippen LogP contribution in [0.15, 0.2) is 36.4 Å². The second-order valence-electron chi connectivity index (χ2n) is 4.19. The zero-order valence-corrected chi connectivity index (χ0v) is 12.5. The van der Waals surface area contributed by atoms with Crippen LogP contribution in [0.1, 0.15) is 11.1 Å². The van der Waals surface area contributed by atoms with E-state index in [1.54, 1.807) is 13.2 Å². The Morgan fingerprint density at radius 2 is 1.85 bits per heavy atom. The lowest BCUT2D eigenvalue weighted by molar-refractivity contribution is 0.284. The summed E-state index contributed by atoms with van der Waals surface area (Å²) < 4.78 is 11.0. The molecule has 3 nitrogen and oxygen atoms in total. The van der Waals surface area contributed by atoms with Crippen molar-refractivity contribution < 1.29 is 9.47 Å². The first kappa shape index (κ1) is 15.0. The molecule has 0 saturated heterocycles. The Morgan fingerprint density at radius 3 is 2.50 bits per heavy atom. The Labute approximate surface area is 128 Å². The van der Waals surface area contributed by atoms with Crippen LogP contribution in [0.5, 0.6) is 11.5 Å². The Kier molecular flexibility index (Phi) is 5.12. The van der Waals surface area contributed by atoms with E-state index >= 15 is 0 Å². The lowest BCUT2D eigenvalue weighted by Crippen LogP contribution is -2.02. The van der Waals surface area contributed by atoms with Crippen LogP contribution in [0.3, 0.4) is 0 Å². The van der Waals surface area contributed by atoms with Crippen molar-refractivity contribution in [2.75, 3.05) is 7.11 Å². The number of methoxy groups -OCH3 is 1. The molecule has 0 aliphatic rings. The smallest absolute Gasteiger partial charge is 0.180 e. The molecule has 0 saturated carbocycles. The first-order valence-corrected chi connectivity index (χ1v) is 6.84. The molecule has 0 aromatic heterocycles. The Bertz CT molecular complexity index is 602. The van der Waals surface area contributed by atoms with Gasteiger partial charge >= 0.3 is 0 Å². The van der Waals surface area contributed by atoms with Gasteiger partial charge in [0.2, 0.25) is 0 Å². The van der Waals surface area contributed by atoms with Crippen molar-refractivity contribution >= 4 is 23.2 Å². The molecule has 0 bridgehead atoms. The molecule has 0 amide bonds. The lowest BCUT2D eigenvalue weighted by Gasteiger charge is -2.14. The number of ether oxygens (including phenoxy) is 2. The maximum atomic E-state index is 6.20. The Hall–Kier alpha value is -1.42. The van der Waals surface area contributed by atoms with E-state index in [4.69, 9.17) is 38.4 Å². The van der Waals surface area contributed by atoms with Crippen LogP contribution in [-0.4, -0.2) is 7.11 Å². The van der Waals surface area contributed by atoms with Gasteiger partial charge in [0, 0.05) is 17.1 Å². The van der Waals surface area contributed by atoms with Gasteiger partial charge in [-0.15, -0.1) is 0 Å². The molecule has 106 valence electrons. The van der Waals surface area contributed by atoms with E-state index in [1.165, 1.54) is 0 Å². The second kappa shape index (κ2) is 6.84. The summed E-state index contributed by atoms with van der Waals surface area (Å²) >= 11 is 12.3. The van der Waals surface area contributed by atoms with Crippen LogP contribution in [0.25, 0.3) is 0 Å². The Balaban J connectivity index is 2.23. The van der Waals surface area contributed by atoms with Crippen molar-refractivity contribution in [3.05, 3.63) is 57.6 Å². The number of halogens is 2. The predicted octanol–water partition coefficient (Wildman–Crippen LogP) is 4.04. The van der Waals surface area contributed by atoms with Crippen molar-refractivity contribution in [3.8, 4) is 11.5 Å². The number of rotatable bonds is 5. The molecule has 0 aliphatic heterocycles. The van der Waals surface area contributed by atoms with Crippen molar-refractivity contribution in [2.45, 2.75) is 13.2 Å². The van der Waals surface area contributed by atoms with Gasteiger partial charge in [-0.25, -0.2) is 0 Å². The summed E-state index contributed by atoms with van der Waals surface area (Å²) in [5.41, 5.74) is 7.38. The minimum Gasteiger partial charge on any atom is -0.493 e. The zero-order chi connectivity index (χ0) is 14.5. The SMILES string of the molecule is COc1cc(CN)cc(Cl)c1OCc1ccccc1Cl. The summed E-state index contributed by atoms with van der Waals surface area (Å²) in [5.74, 6) is 1.05. The second-order valence-corrected chi connectivity index (χ2v) is 5.01. The van der Waals surface area contributed by atoms with E-state index < -0.39 is 0 Å². The van der Waals surface area contributed by atoms with E-state index in [9.17, 15) is 0 Å². The zero-order valence-electron chi connectivity index (χ0n) is 11.0. The van der Waals surface area contributed by atoms with Crippen LogP contribution in [0.4, 0.5) is 0 Å². The highest BCUT2D eigenvalue weighted by Crippen LogP contribution is 2.37. The lowest BCUT2D eigenvalue weighted by atomic mass is 10.2. The van der Waals surface area contributed by atoms with Gasteiger partial charge in [0.1, 0.15) is 6.61 Å². The topological polar surface area (TPSA) is 44.5 Å². The van der Waals surface area contributed by atoms with Crippen LogP contribution in [0.2, 0.25) is 10.0 Å². The summed E-state index contributed by atoms with van der Waals surface area (Å²) in [6.07, 6.45) is 0. The minimum atomic E-state index is 0.317. The average Bonchev–Trinajstić information content (AvgIpc) is 2.46. The van der Waals surface area contributed by atoms with E-state index in [0.717, 1.165) is 11.1 Å². The molecular weight excluding hydrogens is 297 g/mol. The van der Waals surface area contributed by atoms with Crippen LogP contribution in [0, 0.1) is 0 Å². The highest BCUT2D eigenvalue weighted by atomic mass is 35.5. The first-order chi connectivity index (χ1) is 9.65. The molecule has 0 heterocycles. The monoisotopic (exact) mass is 311 g/mol. The van der Waals surface area contributed by atoms with Crippen LogP contribution in [-0.2, 0) is 13.2 Å². The fourth-order valence-electron chi connectivity index (χ4n) is 1.80. The van der Waals surface area contributed by atoms with Gasteiger partial charge in [0.25, 0.3) is 0 Å². The van der Waals surface area contributed by atoms with Gasteiger partial charge in [-0.2, -0.15) is 0 Å². The van der Waals surface area contributed by atoms with Crippen molar-refractivity contribution in [3.63, 3.8) is 0 Å².